The fourth-order valence-electron chi connectivity index (χ4n) is 3.50. The van der Waals surface area contributed by atoms with Crippen molar-refractivity contribution in [2.75, 3.05) is 31.6 Å². The van der Waals surface area contributed by atoms with Crippen molar-refractivity contribution in [2.45, 2.75) is 32.5 Å². The smallest absolute Gasteiger partial charge is 0.387 e. The molecular formula is C22H28F2N4O2. The third-order valence-corrected chi connectivity index (χ3v) is 4.84. The summed E-state index contributed by atoms with van der Waals surface area (Å²) >= 11 is 0. The first-order valence-corrected chi connectivity index (χ1v) is 10.1. The van der Waals surface area contributed by atoms with E-state index < -0.39 is 6.61 Å². The quantitative estimate of drug-likeness (QED) is 0.507. The van der Waals surface area contributed by atoms with Gasteiger partial charge in [0.2, 0.25) is 0 Å². The monoisotopic (exact) mass is 418 g/mol. The Morgan fingerprint density at radius 3 is 2.83 bits per heavy atom. The van der Waals surface area contributed by atoms with Crippen LogP contribution >= 0.6 is 0 Å². The fraction of sp³-hybridized carbons (Fsp3) is 0.409. The molecule has 0 radical (unpaired) electrons. The topological polar surface area (TPSA) is 58.1 Å². The molecule has 2 aromatic rings. The van der Waals surface area contributed by atoms with Gasteiger partial charge in [-0.3, -0.25) is 4.99 Å². The molecule has 30 heavy (non-hydrogen) atoms. The van der Waals surface area contributed by atoms with Crippen molar-refractivity contribution in [2.24, 2.45) is 4.99 Å². The van der Waals surface area contributed by atoms with Gasteiger partial charge in [0.1, 0.15) is 11.5 Å². The summed E-state index contributed by atoms with van der Waals surface area (Å²) in [6, 6.07) is 15.0. The van der Waals surface area contributed by atoms with Gasteiger partial charge in [0.25, 0.3) is 0 Å². The van der Waals surface area contributed by atoms with Gasteiger partial charge in [0, 0.05) is 32.7 Å². The molecule has 0 saturated carbocycles. The highest BCUT2D eigenvalue weighted by Crippen LogP contribution is 2.31. The van der Waals surface area contributed by atoms with Crippen molar-refractivity contribution in [3.63, 3.8) is 0 Å². The Labute approximate surface area is 175 Å². The van der Waals surface area contributed by atoms with E-state index in [1.165, 1.54) is 0 Å². The van der Waals surface area contributed by atoms with Crippen molar-refractivity contribution in [1.29, 1.82) is 0 Å². The number of nitrogens with zero attached hydrogens (tertiary/aromatic N) is 2. The number of ether oxygens (including phenoxy) is 2. The second-order valence-electron chi connectivity index (χ2n) is 6.93. The van der Waals surface area contributed by atoms with Gasteiger partial charge in [-0.05, 0) is 43.2 Å². The SMILES string of the molecule is CCOc1cccc(CNC(=NC)NC2CCN(c3ccccc3OC(F)F)C2)c1. The first kappa shape index (κ1) is 21.7. The van der Waals surface area contributed by atoms with E-state index in [0.717, 1.165) is 24.3 Å². The number of alkyl halides is 2. The summed E-state index contributed by atoms with van der Waals surface area (Å²) in [4.78, 5) is 6.35. The van der Waals surface area contributed by atoms with E-state index in [2.05, 4.69) is 20.4 Å². The van der Waals surface area contributed by atoms with Crippen LogP contribution in [0.3, 0.4) is 0 Å². The Bertz CT molecular complexity index is 847. The lowest BCUT2D eigenvalue weighted by Gasteiger charge is -2.22. The van der Waals surface area contributed by atoms with Crippen LogP contribution in [0.4, 0.5) is 14.5 Å². The Morgan fingerprint density at radius 2 is 2.07 bits per heavy atom. The molecule has 1 saturated heterocycles. The number of para-hydroxylation sites is 2. The molecule has 6 nitrogen and oxygen atoms in total. The Morgan fingerprint density at radius 1 is 1.23 bits per heavy atom. The van der Waals surface area contributed by atoms with Gasteiger partial charge in [-0.2, -0.15) is 8.78 Å². The molecule has 2 aromatic carbocycles. The van der Waals surface area contributed by atoms with E-state index in [-0.39, 0.29) is 11.8 Å². The van der Waals surface area contributed by atoms with Crippen molar-refractivity contribution in [3.05, 3.63) is 54.1 Å². The van der Waals surface area contributed by atoms with Gasteiger partial charge in [0.15, 0.2) is 5.96 Å². The van der Waals surface area contributed by atoms with Crippen LogP contribution < -0.4 is 25.0 Å². The molecule has 0 aromatic heterocycles. The minimum absolute atomic E-state index is 0.144. The number of nitrogens with one attached hydrogen (secondary N) is 2. The number of guanidine groups is 1. The first-order valence-electron chi connectivity index (χ1n) is 10.1. The molecule has 162 valence electrons. The molecule has 1 unspecified atom stereocenters. The fourth-order valence-corrected chi connectivity index (χ4v) is 3.50. The maximum absolute atomic E-state index is 12.7. The van der Waals surface area contributed by atoms with Crippen molar-refractivity contribution < 1.29 is 18.3 Å². The molecule has 8 heteroatoms. The maximum atomic E-state index is 12.7. The summed E-state index contributed by atoms with van der Waals surface area (Å²) in [5, 5.41) is 6.73. The van der Waals surface area contributed by atoms with Crippen LogP contribution in [0.5, 0.6) is 11.5 Å². The normalized spacial score (nSPS) is 16.6. The lowest BCUT2D eigenvalue weighted by molar-refractivity contribution is -0.0495. The summed E-state index contributed by atoms with van der Waals surface area (Å²) in [5.41, 5.74) is 1.77. The molecule has 1 heterocycles. The minimum Gasteiger partial charge on any atom is -0.494 e. The molecule has 1 atom stereocenters. The first-order chi connectivity index (χ1) is 14.6. The maximum Gasteiger partial charge on any atom is 0.387 e. The van der Waals surface area contributed by atoms with Crippen molar-refractivity contribution in [1.82, 2.24) is 10.6 Å². The van der Waals surface area contributed by atoms with E-state index in [9.17, 15) is 8.78 Å². The van der Waals surface area contributed by atoms with E-state index in [1.54, 1.807) is 25.2 Å². The van der Waals surface area contributed by atoms with Gasteiger partial charge >= 0.3 is 6.61 Å². The van der Waals surface area contributed by atoms with E-state index in [0.29, 0.717) is 31.3 Å². The van der Waals surface area contributed by atoms with Crippen LogP contribution in [0.2, 0.25) is 0 Å². The Balaban J connectivity index is 1.55. The van der Waals surface area contributed by atoms with Crippen LogP contribution in [0.15, 0.2) is 53.5 Å². The molecular weight excluding hydrogens is 390 g/mol. The van der Waals surface area contributed by atoms with Crippen LogP contribution in [0.1, 0.15) is 18.9 Å². The van der Waals surface area contributed by atoms with E-state index in [1.807, 2.05) is 42.2 Å². The summed E-state index contributed by atoms with van der Waals surface area (Å²) in [7, 11) is 1.73. The molecule has 0 aliphatic carbocycles. The second-order valence-corrected chi connectivity index (χ2v) is 6.93. The summed E-state index contributed by atoms with van der Waals surface area (Å²) in [6.07, 6.45) is 0.865. The van der Waals surface area contributed by atoms with Crippen LogP contribution in [-0.2, 0) is 6.54 Å². The Hall–Kier alpha value is -3.03. The van der Waals surface area contributed by atoms with E-state index >= 15 is 0 Å². The number of aliphatic imine (C=N–C) groups is 1. The minimum atomic E-state index is -2.84. The van der Waals surface area contributed by atoms with Crippen LogP contribution in [-0.4, -0.2) is 45.4 Å². The number of anilines is 1. The second kappa shape index (κ2) is 10.7. The number of rotatable bonds is 8. The van der Waals surface area contributed by atoms with Crippen molar-refractivity contribution >= 4 is 11.6 Å². The standard InChI is InChI=1S/C22H28F2N4O2/c1-3-29-18-8-6-7-16(13-18)14-26-22(25-2)27-17-11-12-28(15-17)19-9-4-5-10-20(19)30-21(23)24/h4-10,13,17,21H,3,11-12,14-15H2,1-2H3,(H2,25,26,27). The van der Waals surface area contributed by atoms with E-state index in [4.69, 9.17) is 4.74 Å². The highest BCUT2D eigenvalue weighted by Gasteiger charge is 2.26. The average Bonchev–Trinajstić information content (AvgIpc) is 3.20. The predicted molar refractivity (Wildman–Crippen MR) is 115 cm³/mol. The van der Waals surface area contributed by atoms with Crippen molar-refractivity contribution in [3.8, 4) is 11.5 Å². The van der Waals surface area contributed by atoms with Crippen LogP contribution in [0.25, 0.3) is 0 Å². The number of benzene rings is 2. The van der Waals surface area contributed by atoms with Gasteiger partial charge in [-0.25, -0.2) is 0 Å². The molecule has 0 amide bonds. The number of hydrogen-bond donors (Lipinski definition) is 2. The molecule has 0 spiro atoms. The third-order valence-electron chi connectivity index (χ3n) is 4.84. The molecule has 1 aliphatic heterocycles. The predicted octanol–water partition coefficient (Wildman–Crippen LogP) is 3.63. The molecule has 1 fully saturated rings. The average molecular weight is 418 g/mol. The van der Waals surface area contributed by atoms with Crippen LogP contribution in [0, 0.1) is 0 Å². The zero-order valence-electron chi connectivity index (χ0n) is 17.3. The third kappa shape index (κ3) is 5.98. The molecule has 0 bridgehead atoms. The zero-order chi connectivity index (χ0) is 21.3. The van der Waals surface area contributed by atoms with Gasteiger partial charge in [-0.15, -0.1) is 0 Å². The van der Waals surface area contributed by atoms with Gasteiger partial charge < -0.3 is 25.0 Å². The zero-order valence-corrected chi connectivity index (χ0v) is 17.3. The lowest BCUT2D eigenvalue weighted by Crippen LogP contribution is -2.44. The number of hydrogen-bond acceptors (Lipinski definition) is 4. The van der Waals surface area contributed by atoms with Gasteiger partial charge in [-0.1, -0.05) is 24.3 Å². The summed E-state index contributed by atoms with van der Waals surface area (Å²) < 4.78 is 35.6. The Kier molecular flexibility index (Phi) is 7.70. The lowest BCUT2D eigenvalue weighted by atomic mass is 10.2. The molecule has 3 rings (SSSR count). The molecule has 2 N–H and O–H groups in total. The summed E-state index contributed by atoms with van der Waals surface area (Å²) in [6.45, 7) is 1.77. The highest BCUT2D eigenvalue weighted by atomic mass is 19.3. The number of halogens is 2. The van der Waals surface area contributed by atoms with Gasteiger partial charge in [0.05, 0.1) is 12.3 Å². The largest absolute Gasteiger partial charge is 0.494 e. The highest BCUT2D eigenvalue weighted by molar-refractivity contribution is 5.80. The summed E-state index contributed by atoms with van der Waals surface area (Å²) in [5.74, 6) is 1.74. The molecule has 1 aliphatic rings.